The SMILES string of the molecule is O=C1CCCN1C1CC(N2CCCC2=O)CC(N2CCCC2=O)CC(N2CCCC2=O)CC(N2CCCC2=O)CC(N2CCCC2=O)CC(N2CCCC2=O)CC(N2CCCC2=O)CC(N2CCCC2=O)C1.[Cl][Ru]([Cl])[Cl]. The fourth-order valence-electron chi connectivity index (χ4n) is 15.5. The summed E-state index contributed by atoms with van der Waals surface area (Å²) in [7, 11) is 14.8. The van der Waals surface area contributed by atoms with Gasteiger partial charge in [0.2, 0.25) is 53.2 Å². The molecule has 0 radical (unpaired) electrons. The predicted molar refractivity (Wildman–Crippen MR) is 282 cm³/mol. The molecule has 1 saturated carbocycles. The summed E-state index contributed by atoms with van der Waals surface area (Å²) in [6.07, 6.45) is 14.4. The minimum absolute atomic E-state index is 0.0582. The van der Waals surface area contributed by atoms with E-state index in [2.05, 4.69) is 0 Å². The van der Waals surface area contributed by atoms with E-state index >= 15 is 0 Å². The van der Waals surface area contributed by atoms with Crippen molar-refractivity contribution in [3.8, 4) is 0 Å². The summed E-state index contributed by atoms with van der Waals surface area (Å²) >= 11 is -1.75. The van der Waals surface area contributed by atoms with E-state index < -0.39 is 13.0 Å². The average molecular weight is 1210 g/mol. The van der Waals surface area contributed by atoms with Gasteiger partial charge in [0, 0.05) is 171 Å². The van der Waals surface area contributed by atoms with Crippen molar-refractivity contribution < 1.29 is 56.1 Å². The second kappa shape index (κ2) is 26.3. The Hall–Kier alpha value is -3.28. The van der Waals surface area contributed by atoms with Gasteiger partial charge in [-0.3, -0.25) is 43.2 Å². The molecule has 0 aromatic carbocycles. The van der Waals surface area contributed by atoms with Crippen molar-refractivity contribution in [3.05, 3.63) is 0 Å². The normalized spacial score (nSPS) is 33.5. The molecule has 10 rings (SSSR count). The fraction of sp³-hybridized carbons (Fsp3) is 0.833. The van der Waals surface area contributed by atoms with Gasteiger partial charge in [0.1, 0.15) is 0 Å². The molecule has 22 heteroatoms. The van der Waals surface area contributed by atoms with Crippen LogP contribution in [0.1, 0.15) is 173 Å². The van der Waals surface area contributed by atoms with Crippen LogP contribution in [-0.4, -0.2) is 211 Å². The summed E-state index contributed by atoms with van der Waals surface area (Å²) in [5.41, 5.74) is 0. The first-order valence-corrected chi connectivity index (χ1v) is 35.7. The molecule has 18 nitrogen and oxygen atoms in total. The van der Waals surface area contributed by atoms with Gasteiger partial charge in [0.15, 0.2) is 0 Å². The van der Waals surface area contributed by atoms with Crippen molar-refractivity contribution in [1.29, 1.82) is 0 Å². The van der Waals surface area contributed by atoms with Crippen LogP contribution in [0.2, 0.25) is 0 Å². The predicted octanol–water partition coefficient (Wildman–Crippen LogP) is 5.50. The van der Waals surface area contributed by atoms with Gasteiger partial charge < -0.3 is 44.1 Å². The van der Waals surface area contributed by atoms with E-state index in [0.29, 0.717) is 232 Å². The Bertz CT molecular complexity index is 1700. The topological polar surface area (TPSA) is 183 Å². The summed E-state index contributed by atoms with van der Waals surface area (Å²) in [5.74, 6) is 0.524. The standard InChI is InChI=1S/C54H81N9O9.3ClH.Ru/c64-46-10-1-19-55(46)37-28-38(56-20-2-11-47(56)65)30-40(58-22-4-13-49(58)67)32-42(60-24-6-15-51(60)69)34-44(62-26-8-17-53(62)71)36-45(63-27-9-18-54(63)72)35-43(61-25-7-16-52(61)70)33-41(59-23-5-14-50(59)68)31-39(29-37)57-21-3-12-48(57)66;;;;/h37-45H,1-36H2;3*1H;/q;;;;+3/p-3. The summed E-state index contributed by atoms with van der Waals surface area (Å²) in [6, 6.07) is -3.10. The number of hydrogen-bond donors (Lipinski definition) is 0. The molecule has 425 valence electrons. The first-order chi connectivity index (χ1) is 36.6. The van der Waals surface area contributed by atoms with Crippen LogP contribution in [0.4, 0.5) is 0 Å². The Balaban J connectivity index is 0.00000170. The second-order valence-electron chi connectivity index (χ2n) is 23.4. The maximum atomic E-state index is 14.1. The maximum absolute atomic E-state index is 14.1. The Labute approximate surface area is 466 Å². The minimum atomic E-state index is -1.75. The Kier molecular flexibility index (Phi) is 19.9. The molecule has 0 N–H and O–H groups in total. The monoisotopic (exact) mass is 1210 g/mol. The number of carbonyl (C=O) groups is 9. The van der Waals surface area contributed by atoms with Gasteiger partial charge in [-0.2, -0.15) is 0 Å². The van der Waals surface area contributed by atoms with E-state index in [4.69, 9.17) is 29.1 Å². The average Bonchev–Trinajstić information content (AvgIpc) is 4.22. The van der Waals surface area contributed by atoms with Gasteiger partial charge in [0.05, 0.1) is 0 Å². The van der Waals surface area contributed by atoms with Crippen LogP contribution in [0.15, 0.2) is 0 Å². The fourth-order valence-corrected chi connectivity index (χ4v) is 15.5. The molecule has 0 atom stereocenters. The molecular formula is C54H81Cl3N9O9Ru. The zero-order valence-corrected chi connectivity index (χ0v) is 48.3. The van der Waals surface area contributed by atoms with Crippen molar-refractivity contribution in [2.75, 3.05) is 58.9 Å². The van der Waals surface area contributed by atoms with Gasteiger partial charge >= 0.3 is 42.1 Å². The van der Waals surface area contributed by atoms with E-state index in [-0.39, 0.29) is 108 Å². The second-order valence-corrected chi connectivity index (χ2v) is 31.3. The molecule has 0 unspecified atom stereocenters. The third kappa shape index (κ3) is 13.6. The molecule has 9 heterocycles. The first-order valence-electron chi connectivity index (χ1n) is 29.0. The molecule has 10 aliphatic rings. The van der Waals surface area contributed by atoms with Crippen LogP contribution in [0.3, 0.4) is 0 Å². The summed E-state index contributed by atoms with van der Waals surface area (Å²) in [5, 5.41) is 0. The zero-order valence-electron chi connectivity index (χ0n) is 44.3. The number of carbonyl (C=O) groups excluding carboxylic acids is 9. The van der Waals surface area contributed by atoms with E-state index in [0.717, 1.165) is 0 Å². The first kappa shape index (κ1) is 57.4. The van der Waals surface area contributed by atoms with Crippen molar-refractivity contribution in [3.63, 3.8) is 0 Å². The van der Waals surface area contributed by atoms with Crippen LogP contribution in [0, 0.1) is 0 Å². The third-order valence-corrected chi connectivity index (χ3v) is 18.9. The molecule has 0 aromatic rings. The molecule has 76 heavy (non-hydrogen) atoms. The summed E-state index contributed by atoms with van der Waals surface area (Å²) in [6.45, 7) is 5.11. The molecule has 0 spiro atoms. The van der Waals surface area contributed by atoms with Crippen molar-refractivity contribution in [1.82, 2.24) is 44.1 Å². The molecule has 9 saturated heterocycles. The quantitative estimate of drug-likeness (QED) is 0.270. The molecule has 0 aromatic heterocycles. The van der Waals surface area contributed by atoms with Crippen molar-refractivity contribution >= 4 is 82.2 Å². The zero-order chi connectivity index (χ0) is 53.6. The van der Waals surface area contributed by atoms with Crippen molar-refractivity contribution in [2.45, 2.75) is 228 Å². The van der Waals surface area contributed by atoms with Gasteiger partial charge in [-0.05, 0) is 116 Å². The number of rotatable bonds is 9. The number of halogens is 3. The van der Waals surface area contributed by atoms with E-state index in [1.165, 1.54) is 0 Å². The molecule has 9 amide bonds. The van der Waals surface area contributed by atoms with Crippen LogP contribution >= 0.6 is 29.1 Å². The van der Waals surface area contributed by atoms with Crippen LogP contribution < -0.4 is 0 Å². The van der Waals surface area contributed by atoms with Gasteiger partial charge in [0.25, 0.3) is 0 Å². The van der Waals surface area contributed by atoms with Crippen LogP contribution in [0.25, 0.3) is 0 Å². The van der Waals surface area contributed by atoms with Gasteiger partial charge in [-0.25, -0.2) is 0 Å². The van der Waals surface area contributed by atoms with Gasteiger partial charge in [-0.15, -0.1) is 0 Å². The van der Waals surface area contributed by atoms with Crippen LogP contribution in [0.5, 0.6) is 0 Å². The molecule has 0 bridgehead atoms. The van der Waals surface area contributed by atoms with E-state index in [1.54, 1.807) is 0 Å². The Morgan fingerprint density at radius 3 is 0.382 bits per heavy atom. The van der Waals surface area contributed by atoms with E-state index in [1.807, 2.05) is 44.1 Å². The number of likely N-dealkylation sites (tertiary alicyclic amines) is 9. The summed E-state index contributed by atoms with van der Waals surface area (Å²) in [4.78, 5) is 145. The Morgan fingerprint density at radius 1 is 0.224 bits per heavy atom. The third-order valence-electron chi connectivity index (χ3n) is 18.9. The molecular weight excluding hydrogens is 1130 g/mol. The van der Waals surface area contributed by atoms with Crippen LogP contribution in [-0.2, 0) is 56.1 Å². The van der Waals surface area contributed by atoms with Gasteiger partial charge in [-0.1, -0.05) is 0 Å². The molecule has 9 aliphatic heterocycles. The number of nitrogens with zero attached hydrogens (tertiary/aromatic N) is 9. The number of amides is 9. The molecule has 10 fully saturated rings. The van der Waals surface area contributed by atoms with Crippen molar-refractivity contribution in [2.24, 2.45) is 0 Å². The molecule has 1 aliphatic carbocycles. The Morgan fingerprint density at radius 2 is 0.316 bits per heavy atom. The summed E-state index contributed by atoms with van der Waals surface area (Å²) < 4.78 is 0. The number of hydrogen-bond acceptors (Lipinski definition) is 9. The van der Waals surface area contributed by atoms with E-state index in [9.17, 15) is 43.2 Å².